The van der Waals surface area contributed by atoms with Crippen molar-refractivity contribution >= 4 is 23.0 Å². The monoisotopic (exact) mass is 257 g/mol. The Balaban J connectivity index is 2.33. The molecule has 0 bridgehead atoms. The summed E-state index contributed by atoms with van der Waals surface area (Å²) >= 11 is 5.93. The minimum absolute atomic E-state index is 0.586. The summed E-state index contributed by atoms with van der Waals surface area (Å²) in [5, 5.41) is 3.86. The molecule has 1 aromatic rings. The molecule has 0 aliphatic heterocycles. The van der Waals surface area contributed by atoms with Crippen molar-refractivity contribution in [1.82, 2.24) is 4.90 Å². The van der Waals surface area contributed by atoms with Gasteiger partial charge in [0, 0.05) is 26.7 Å². The van der Waals surface area contributed by atoms with Gasteiger partial charge in [0.15, 0.2) is 0 Å². The zero-order valence-electron chi connectivity index (χ0n) is 10.4. The van der Waals surface area contributed by atoms with Crippen molar-refractivity contribution in [3.63, 3.8) is 0 Å². The first-order chi connectivity index (χ1) is 8.15. The maximum Gasteiger partial charge on any atom is 0.0739 e. The van der Waals surface area contributed by atoms with Gasteiger partial charge < -0.3 is 20.7 Å². The van der Waals surface area contributed by atoms with Gasteiger partial charge in [-0.3, -0.25) is 0 Å². The van der Waals surface area contributed by atoms with Crippen molar-refractivity contribution < 1.29 is 4.74 Å². The van der Waals surface area contributed by atoms with Crippen LogP contribution in [0.25, 0.3) is 0 Å². The van der Waals surface area contributed by atoms with Crippen molar-refractivity contribution in [1.29, 1.82) is 0 Å². The van der Waals surface area contributed by atoms with Gasteiger partial charge in [0.2, 0.25) is 0 Å². The molecule has 4 nitrogen and oxygen atoms in total. The van der Waals surface area contributed by atoms with E-state index < -0.39 is 0 Å². The third kappa shape index (κ3) is 4.81. The summed E-state index contributed by atoms with van der Waals surface area (Å²) < 4.78 is 5.01. The van der Waals surface area contributed by atoms with Gasteiger partial charge >= 0.3 is 0 Å². The number of likely N-dealkylation sites (N-methyl/N-ethyl adjacent to an activating group) is 1. The number of hydrogen-bond donors (Lipinski definition) is 2. The van der Waals surface area contributed by atoms with Crippen molar-refractivity contribution in [3.8, 4) is 0 Å². The lowest BCUT2D eigenvalue weighted by Crippen LogP contribution is -2.28. The zero-order valence-corrected chi connectivity index (χ0v) is 11.1. The van der Waals surface area contributed by atoms with E-state index in [2.05, 4.69) is 17.3 Å². The number of halogens is 1. The first-order valence-corrected chi connectivity index (χ1v) is 5.98. The summed E-state index contributed by atoms with van der Waals surface area (Å²) in [6.07, 6.45) is 0. The summed E-state index contributed by atoms with van der Waals surface area (Å²) in [5.41, 5.74) is 7.34. The fourth-order valence-electron chi connectivity index (χ4n) is 1.43. The van der Waals surface area contributed by atoms with E-state index in [4.69, 9.17) is 22.1 Å². The topological polar surface area (TPSA) is 50.5 Å². The predicted molar refractivity (Wildman–Crippen MR) is 73.7 cm³/mol. The molecular weight excluding hydrogens is 238 g/mol. The van der Waals surface area contributed by atoms with E-state index in [1.54, 1.807) is 13.2 Å². The second-order valence-electron chi connectivity index (χ2n) is 3.92. The van der Waals surface area contributed by atoms with Gasteiger partial charge in [0.25, 0.3) is 0 Å². The van der Waals surface area contributed by atoms with Crippen LogP contribution in [0.1, 0.15) is 0 Å². The summed E-state index contributed by atoms with van der Waals surface area (Å²) in [7, 11) is 3.76. The normalized spacial score (nSPS) is 10.8. The van der Waals surface area contributed by atoms with Gasteiger partial charge in [0.05, 0.1) is 23.0 Å². The van der Waals surface area contributed by atoms with E-state index in [1.807, 2.05) is 12.1 Å². The number of nitrogens with zero attached hydrogens (tertiary/aromatic N) is 1. The summed E-state index contributed by atoms with van der Waals surface area (Å²) in [6.45, 7) is 3.42. The molecule has 0 aromatic heterocycles. The van der Waals surface area contributed by atoms with Crippen LogP contribution in [0.2, 0.25) is 5.02 Å². The molecule has 0 spiro atoms. The molecule has 0 aliphatic carbocycles. The van der Waals surface area contributed by atoms with Crippen LogP contribution in [0.4, 0.5) is 11.4 Å². The highest BCUT2D eigenvalue weighted by Gasteiger charge is 2.02. The van der Waals surface area contributed by atoms with Crippen LogP contribution in [-0.4, -0.2) is 45.3 Å². The Bertz CT molecular complexity index is 347. The SMILES string of the molecule is COCCN(C)CCNc1cccc(Cl)c1N. The Kier molecular flexibility index (Phi) is 6.11. The molecule has 1 aromatic carbocycles. The van der Waals surface area contributed by atoms with Crippen LogP contribution in [0.15, 0.2) is 18.2 Å². The number of anilines is 2. The fourth-order valence-corrected chi connectivity index (χ4v) is 1.61. The number of nitrogens with two attached hydrogens (primary N) is 1. The highest BCUT2D eigenvalue weighted by Crippen LogP contribution is 2.26. The molecular formula is C12H20ClN3O. The van der Waals surface area contributed by atoms with Gasteiger partial charge in [0.1, 0.15) is 0 Å². The standard InChI is InChI=1S/C12H20ClN3O/c1-16(8-9-17-2)7-6-15-11-5-3-4-10(13)12(11)14/h3-5,15H,6-9,14H2,1-2H3. The van der Waals surface area contributed by atoms with Gasteiger partial charge in [-0.1, -0.05) is 17.7 Å². The van der Waals surface area contributed by atoms with E-state index in [9.17, 15) is 0 Å². The van der Waals surface area contributed by atoms with E-state index in [-0.39, 0.29) is 0 Å². The Hall–Kier alpha value is -0.970. The molecule has 0 heterocycles. The molecule has 3 N–H and O–H groups in total. The van der Waals surface area contributed by atoms with Gasteiger partial charge in [-0.15, -0.1) is 0 Å². The molecule has 0 saturated carbocycles. The van der Waals surface area contributed by atoms with Crippen LogP contribution in [0.5, 0.6) is 0 Å². The third-order valence-electron chi connectivity index (χ3n) is 2.54. The molecule has 5 heteroatoms. The highest BCUT2D eigenvalue weighted by molar-refractivity contribution is 6.33. The molecule has 96 valence electrons. The molecule has 0 saturated heterocycles. The number of benzene rings is 1. The first kappa shape index (κ1) is 14.1. The van der Waals surface area contributed by atoms with Crippen LogP contribution >= 0.6 is 11.6 Å². The van der Waals surface area contributed by atoms with Crippen molar-refractivity contribution in [2.45, 2.75) is 0 Å². The van der Waals surface area contributed by atoms with Crippen LogP contribution < -0.4 is 11.1 Å². The Morgan fingerprint density at radius 1 is 1.41 bits per heavy atom. The number of nitrogen functional groups attached to an aromatic ring is 1. The lowest BCUT2D eigenvalue weighted by Gasteiger charge is -2.17. The van der Waals surface area contributed by atoms with Crippen molar-refractivity contribution in [2.75, 3.05) is 51.4 Å². The highest BCUT2D eigenvalue weighted by atomic mass is 35.5. The smallest absolute Gasteiger partial charge is 0.0739 e. The lowest BCUT2D eigenvalue weighted by atomic mass is 10.2. The zero-order chi connectivity index (χ0) is 12.7. The second kappa shape index (κ2) is 7.37. The van der Waals surface area contributed by atoms with Crippen LogP contribution in [-0.2, 0) is 4.74 Å². The van der Waals surface area contributed by atoms with Crippen LogP contribution in [0.3, 0.4) is 0 Å². The summed E-state index contributed by atoms with van der Waals surface area (Å²) in [6, 6.07) is 5.60. The second-order valence-corrected chi connectivity index (χ2v) is 4.33. The number of methoxy groups -OCH3 is 1. The maximum atomic E-state index is 5.93. The summed E-state index contributed by atoms with van der Waals surface area (Å²) in [5.74, 6) is 0. The fraction of sp³-hybridized carbons (Fsp3) is 0.500. The van der Waals surface area contributed by atoms with Crippen molar-refractivity contribution in [2.24, 2.45) is 0 Å². The third-order valence-corrected chi connectivity index (χ3v) is 2.87. The minimum Gasteiger partial charge on any atom is -0.396 e. The van der Waals surface area contributed by atoms with E-state index >= 15 is 0 Å². The number of rotatable bonds is 7. The molecule has 0 radical (unpaired) electrons. The number of hydrogen-bond acceptors (Lipinski definition) is 4. The number of ether oxygens (including phenoxy) is 1. The predicted octanol–water partition coefficient (Wildman–Crippen LogP) is 1.91. The first-order valence-electron chi connectivity index (χ1n) is 5.60. The van der Waals surface area contributed by atoms with Gasteiger partial charge in [-0.2, -0.15) is 0 Å². The number of para-hydroxylation sites is 1. The van der Waals surface area contributed by atoms with E-state index in [1.165, 1.54) is 0 Å². The molecule has 1 rings (SSSR count). The molecule has 0 atom stereocenters. The van der Waals surface area contributed by atoms with E-state index in [0.717, 1.165) is 31.9 Å². The van der Waals surface area contributed by atoms with E-state index in [0.29, 0.717) is 10.7 Å². The maximum absolute atomic E-state index is 5.93. The quantitative estimate of drug-likeness (QED) is 0.733. The Morgan fingerprint density at radius 2 is 2.18 bits per heavy atom. The van der Waals surface area contributed by atoms with Gasteiger partial charge in [-0.05, 0) is 19.2 Å². The summed E-state index contributed by atoms with van der Waals surface area (Å²) in [4.78, 5) is 2.19. The van der Waals surface area contributed by atoms with Gasteiger partial charge in [-0.25, -0.2) is 0 Å². The Labute approximate surface area is 108 Å². The average molecular weight is 258 g/mol. The molecule has 0 aliphatic rings. The molecule has 17 heavy (non-hydrogen) atoms. The Morgan fingerprint density at radius 3 is 2.88 bits per heavy atom. The van der Waals surface area contributed by atoms with Crippen molar-refractivity contribution in [3.05, 3.63) is 23.2 Å². The average Bonchev–Trinajstić information content (AvgIpc) is 2.32. The minimum atomic E-state index is 0.586. The number of nitrogens with one attached hydrogen (secondary N) is 1. The molecule has 0 unspecified atom stereocenters. The van der Waals surface area contributed by atoms with Crippen LogP contribution in [0, 0.1) is 0 Å². The molecule has 0 amide bonds. The largest absolute Gasteiger partial charge is 0.396 e. The molecule has 0 fully saturated rings. The lowest BCUT2D eigenvalue weighted by molar-refractivity contribution is 0.163.